The largest absolute Gasteiger partial charge is 0.0622 e. The average molecular weight is 445 g/mol. The molecular weight excluding hydrogens is 408 g/mol. The Hall–Kier alpha value is -3.90. The lowest BCUT2D eigenvalue weighted by atomic mass is 10.1. The second kappa shape index (κ2) is 15.8. The van der Waals surface area contributed by atoms with Crippen LogP contribution in [0, 0.1) is 0 Å². The van der Waals surface area contributed by atoms with E-state index in [1.807, 2.05) is 12.1 Å². The lowest BCUT2D eigenvalue weighted by molar-refractivity contribution is 1.49. The maximum absolute atomic E-state index is 2.13. The quantitative estimate of drug-likeness (QED) is 0.320. The van der Waals surface area contributed by atoms with E-state index < -0.39 is 0 Å². The van der Waals surface area contributed by atoms with Crippen molar-refractivity contribution in [3.05, 3.63) is 167 Å². The van der Waals surface area contributed by atoms with E-state index in [0.29, 0.717) is 0 Å². The number of rotatable bonds is 10. The summed E-state index contributed by atoms with van der Waals surface area (Å²) in [5.41, 5.74) is 7.27. The Bertz CT molecular complexity index is 1050. The molecule has 0 aliphatic heterocycles. The van der Waals surface area contributed by atoms with Crippen LogP contribution in [-0.4, -0.2) is 0 Å². The van der Waals surface area contributed by atoms with Gasteiger partial charge in [-0.2, -0.15) is 0 Å². The van der Waals surface area contributed by atoms with Gasteiger partial charge in [-0.05, 0) is 38.8 Å². The van der Waals surface area contributed by atoms with Gasteiger partial charge < -0.3 is 0 Å². The van der Waals surface area contributed by atoms with Crippen molar-refractivity contribution in [2.45, 2.75) is 27.7 Å². The van der Waals surface area contributed by atoms with E-state index in [9.17, 15) is 0 Å². The molecule has 34 heavy (non-hydrogen) atoms. The van der Waals surface area contributed by atoms with Crippen molar-refractivity contribution in [2.24, 2.45) is 0 Å². The van der Waals surface area contributed by atoms with Crippen LogP contribution in [0.15, 0.2) is 156 Å². The molecule has 0 amide bonds. The van der Waals surface area contributed by atoms with Gasteiger partial charge in [0, 0.05) is 0 Å². The zero-order valence-corrected chi connectivity index (χ0v) is 20.9. The zero-order chi connectivity index (χ0) is 24.4. The molecule has 172 valence electrons. The molecule has 0 heterocycles. The fourth-order valence-corrected chi connectivity index (χ4v) is 2.92. The Morgan fingerprint density at radius 1 is 0.412 bits per heavy atom. The van der Waals surface area contributed by atoms with Crippen LogP contribution in [-0.2, 0) is 0 Å². The van der Waals surface area contributed by atoms with E-state index in [4.69, 9.17) is 0 Å². The third-order valence-electron chi connectivity index (χ3n) is 4.94. The first kappa shape index (κ1) is 26.4. The molecule has 0 unspecified atom stereocenters. The zero-order valence-electron chi connectivity index (χ0n) is 20.9. The van der Waals surface area contributed by atoms with Gasteiger partial charge in [0.2, 0.25) is 0 Å². The maximum atomic E-state index is 2.13. The molecule has 0 aromatic heterocycles. The highest BCUT2D eigenvalue weighted by atomic mass is 13.9. The highest BCUT2D eigenvalue weighted by molar-refractivity contribution is 5.53. The topological polar surface area (TPSA) is 0 Å². The average Bonchev–Trinajstić information content (AvgIpc) is 2.85. The Balaban J connectivity index is 1.81. The number of hydrogen-bond acceptors (Lipinski definition) is 0. The predicted octanol–water partition coefficient (Wildman–Crippen LogP) is 9.87. The van der Waals surface area contributed by atoms with Gasteiger partial charge in [-0.25, -0.2) is 0 Å². The van der Waals surface area contributed by atoms with E-state index in [1.165, 1.54) is 33.4 Å². The van der Waals surface area contributed by atoms with Gasteiger partial charge >= 0.3 is 0 Å². The first-order chi connectivity index (χ1) is 16.5. The molecule has 0 radical (unpaired) electrons. The lowest BCUT2D eigenvalue weighted by Crippen LogP contribution is -1.71. The second-order valence-electron chi connectivity index (χ2n) is 8.23. The lowest BCUT2D eigenvalue weighted by Gasteiger charge is -1.93. The summed E-state index contributed by atoms with van der Waals surface area (Å²) in [6.45, 7) is 8.44. The Labute approximate surface area is 206 Å². The molecule has 0 spiro atoms. The third-order valence-corrected chi connectivity index (χ3v) is 4.94. The van der Waals surface area contributed by atoms with Crippen LogP contribution in [0.1, 0.15) is 38.8 Å². The predicted molar refractivity (Wildman–Crippen MR) is 153 cm³/mol. The van der Waals surface area contributed by atoms with Crippen molar-refractivity contribution in [1.29, 1.82) is 0 Å². The standard InChI is InChI=1S/C34H36/c1-29(17-13-19-31(3)25-27-33-21-7-5-8-22-33)15-11-12-16-30(2)18-14-20-32(4)26-28-34-23-9-6-10-24-34/h5-28H,1-4H3/b12-11+,17-13+,18-14+,27-25+,28-26+,29-15+,30-16+,31-19-,32-20+. The van der Waals surface area contributed by atoms with Crippen molar-refractivity contribution in [3.8, 4) is 0 Å². The van der Waals surface area contributed by atoms with Gasteiger partial charge in [0.1, 0.15) is 0 Å². The van der Waals surface area contributed by atoms with Gasteiger partial charge in [0.05, 0.1) is 0 Å². The van der Waals surface area contributed by atoms with Crippen LogP contribution in [0.4, 0.5) is 0 Å². The van der Waals surface area contributed by atoms with Crippen molar-refractivity contribution in [3.63, 3.8) is 0 Å². The first-order valence-electron chi connectivity index (χ1n) is 11.7. The fourth-order valence-electron chi connectivity index (χ4n) is 2.92. The van der Waals surface area contributed by atoms with E-state index in [2.05, 4.69) is 161 Å². The summed E-state index contributed by atoms with van der Waals surface area (Å²) in [5.74, 6) is 0. The number of hydrogen-bond donors (Lipinski definition) is 0. The van der Waals surface area contributed by atoms with E-state index >= 15 is 0 Å². The molecule has 0 aliphatic carbocycles. The Morgan fingerprint density at radius 3 is 1.12 bits per heavy atom. The number of allylic oxidation sites excluding steroid dienone is 16. The molecule has 0 fully saturated rings. The van der Waals surface area contributed by atoms with Gasteiger partial charge in [-0.15, -0.1) is 0 Å². The molecule has 0 heteroatoms. The molecule has 0 N–H and O–H groups in total. The summed E-state index contributed by atoms with van der Waals surface area (Å²) in [5, 5.41) is 0. The second-order valence-corrected chi connectivity index (χ2v) is 8.23. The highest BCUT2D eigenvalue weighted by Gasteiger charge is 1.85. The molecular formula is C34H36. The van der Waals surface area contributed by atoms with Crippen LogP contribution < -0.4 is 0 Å². The maximum Gasteiger partial charge on any atom is -0.0257 e. The minimum atomic E-state index is 1.21. The highest BCUT2D eigenvalue weighted by Crippen LogP contribution is 2.07. The smallest absolute Gasteiger partial charge is 0.0257 e. The van der Waals surface area contributed by atoms with Gasteiger partial charge in [-0.1, -0.05) is 168 Å². The summed E-state index contributed by atoms with van der Waals surface area (Å²) < 4.78 is 0. The number of benzene rings is 2. The fraction of sp³-hybridized carbons (Fsp3) is 0.118. The summed E-state index contributed by atoms with van der Waals surface area (Å²) in [7, 11) is 0. The van der Waals surface area contributed by atoms with Crippen LogP contribution in [0.25, 0.3) is 12.2 Å². The monoisotopic (exact) mass is 444 g/mol. The summed E-state index contributed by atoms with van der Waals surface area (Å²) in [6, 6.07) is 20.7. The SMILES string of the molecule is CC(=C/C=C/C(C)=C/C=C/C=C(C)/C=C/C=C(C)/C=C/c1ccccc1)/C=C/c1ccccc1. The molecule has 2 aromatic carbocycles. The molecule has 0 aliphatic rings. The summed E-state index contributed by atoms with van der Waals surface area (Å²) >= 11 is 0. The van der Waals surface area contributed by atoms with Crippen molar-refractivity contribution < 1.29 is 0 Å². The van der Waals surface area contributed by atoms with Crippen LogP contribution in [0.5, 0.6) is 0 Å². The van der Waals surface area contributed by atoms with Gasteiger partial charge in [0.15, 0.2) is 0 Å². The van der Waals surface area contributed by atoms with Crippen LogP contribution >= 0.6 is 0 Å². The molecule has 0 atom stereocenters. The van der Waals surface area contributed by atoms with E-state index in [-0.39, 0.29) is 0 Å². The Morgan fingerprint density at radius 2 is 0.735 bits per heavy atom. The van der Waals surface area contributed by atoms with Crippen molar-refractivity contribution in [2.75, 3.05) is 0 Å². The van der Waals surface area contributed by atoms with E-state index in [0.717, 1.165) is 0 Å². The van der Waals surface area contributed by atoms with Crippen LogP contribution in [0.2, 0.25) is 0 Å². The molecule has 0 saturated heterocycles. The molecule has 2 rings (SSSR count). The molecule has 0 nitrogen and oxygen atoms in total. The third kappa shape index (κ3) is 12.2. The first-order valence-corrected chi connectivity index (χ1v) is 11.7. The minimum absolute atomic E-state index is 1.21. The molecule has 0 bridgehead atoms. The van der Waals surface area contributed by atoms with E-state index in [1.54, 1.807) is 0 Å². The molecule has 2 aromatic rings. The summed E-state index contributed by atoms with van der Waals surface area (Å²) in [4.78, 5) is 0. The van der Waals surface area contributed by atoms with Crippen molar-refractivity contribution >= 4 is 12.2 Å². The normalized spacial score (nSPS) is 14.6. The van der Waals surface area contributed by atoms with Gasteiger partial charge in [-0.3, -0.25) is 0 Å². The minimum Gasteiger partial charge on any atom is -0.0622 e. The Kier molecular flexibility index (Phi) is 12.3. The summed E-state index contributed by atoms with van der Waals surface area (Å²) in [6.07, 6.45) is 29.6. The molecule has 0 saturated carbocycles. The van der Waals surface area contributed by atoms with Gasteiger partial charge in [0.25, 0.3) is 0 Å². The van der Waals surface area contributed by atoms with Crippen molar-refractivity contribution in [1.82, 2.24) is 0 Å². The van der Waals surface area contributed by atoms with Crippen LogP contribution in [0.3, 0.4) is 0 Å².